The fraction of sp³-hybridized carbons (Fsp3) is 0.250. The molecular formula is C20H20FN3O4. The molecule has 3 rings (SSSR count). The van der Waals surface area contributed by atoms with E-state index in [0.29, 0.717) is 17.0 Å². The molecule has 1 atom stereocenters. The Balaban J connectivity index is 1.67. The Hall–Kier alpha value is -3.42. The molecule has 0 aliphatic carbocycles. The molecule has 7 nitrogen and oxygen atoms in total. The van der Waals surface area contributed by atoms with E-state index in [4.69, 9.17) is 14.1 Å². The molecule has 3 aromatic rings. The normalized spacial score (nSPS) is 11.9. The molecule has 0 aliphatic heterocycles. The largest absolute Gasteiger partial charge is 0.491 e. The number of nitrogens with one attached hydrogen (secondary N) is 1. The monoisotopic (exact) mass is 385 g/mol. The summed E-state index contributed by atoms with van der Waals surface area (Å²) in [6.45, 7) is 5.46. The fourth-order valence-electron chi connectivity index (χ4n) is 2.41. The number of rotatable bonds is 7. The minimum Gasteiger partial charge on any atom is -0.491 e. The van der Waals surface area contributed by atoms with E-state index in [-0.39, 0.29) is 17.7 Å². The van der Waals surface area contributed by atoms with E-state index >= 15 is 0 Å². The van der Waals surface area contributed by atoms with Gasteiger partial charge in [-0.15, -0.1) is 0 Å². The first-order valence-corrected chi connectivity index (χ1v) is 8.75. The van der Waals surface area contributed by atoms with E-state index in [9.17, 15) is 9.18 Å². The van der Waals surface area contributed by atoms with Gasteiger partial charge in [0.05, 0.1) is 6.10 Å². The van der Waals surface area contributed by atoms with Gasteiger partial charge in [-0.1, -0.05) is 0 Å². The van der Waals surface area contributed by atoms with E-state index in [0.717, 1.165) is 5.75 Å². The van der Waals surface area contributed by atoms with Crippen LogP contribution in [0.4, 0.5) is 10.2 Å². The molecule has 1 N–H and O–H groups in total. The number of hydrogen-bond acceptors (Lipinski definition) is 6. The van der Waals surface area contributed by atoms with Crippen LogP contribution in [-0.4, -0.2) is 28.4 Å². The quantitative estimate of drug-likeness (QED) is 0.660. The number of benzene rings is 2. The Kier molecular flexibility index (Phi) is 5.88. The van der Waals surface area contributed by atoms with Crippen LogP contribution in [-0.2, 0) is 4.79 Å². The molecule has 0 radical (unpaired) electrons. The lowest BCUT2D eigenvalue weighted by Gasteiger charge is -2.14. The molecular weight excluding hydrogens is 365 g/mol. The highest BCUT2D eigenvalue weighted by atomic mass is 19.1. The van der Waals surface area contributed by atoms with Crippen LogP contribution in [0.2, 0.25) is 0 Å². The van der Waals surface area contributed by atoms with E-state index in [1.807, 2.05) is 13.8 Å². The summed E-state index contributed by atoms with van der Waals surface area (Å²) in [6, 6.07) is 12.6. The summed E-state index contributed by atoms with van der Waals surface area (Å²) in [7, 11) is 0. The number of halogens is 1. The summed E-state index contributed by atoms with van der Waals surface area (Å²) in [5, 5.41) is 10.2. The predicted octanol–water partition coefficient (Wildman–Crippen LogP) is 4.07. The lowest BCUT2D eigenvalue weighted by molar-refractivity contribution is -0.122. The Morgan fingerprint density at radius 1 is 0.964 bits per heavy atom. The fourth-order valence-corrected chi connectivity index (χ4v) is 2.41. The van der Waals surface area contributed by atoms with Crippen molar-refractivity contribution in [2.45, 2.75) is 33.0 Å². The molecule has 0 spiro atoms. The number of nitrogens with zero attached hydrogens (tertiary/aromatic N) is 2. The van der Waals surface area contributed by atoms with Gasteiger partial charge in [-0.25, -0.2) is 9.02 Å². The molecule has 1 heterocycles. The average Bonchev–Trinajstić information content (AvgIpc) is 3.12. The van der Waals surface area contributed by atoms with Crippen LogP contribution >= 0.6 is 0 Å². The number of amides is 1. The maximum atomic E-state index is 13.0. The first kappa shape index (κ1) is 19.3. The Morgan fingerprint density at radius 2 is 1.57 bits per heavy atom. The third-order valence-electron chi connectivity index (χ3n) is 3.73. The molecule has 1 aromatic heterocycles. The number of aromatic nitrogens is 2. The lowest BCUT2D eigenvalue weighted by Crippen LogP contribution is -2.30. The summed E-state index contributed by atoms with van der Waals surface area (Å²) in [5.41, 5.74) is 1.10. The van der Waals surface area contributed by atoms with E-state index in [1.165, 1.54) is 24.3 Å². The van der Waals surface area contributed by atoms with Gasteiger partial charge in [-0.05, 0) is 79.6 Å². The minimum atomic E-state index is -0.836. The second-order valence-electron chi connectivity index (χ2n) is 6.36. The van der Waals surface area contributed by atoms with Gasteiger partial charge in [0.2, 0.25) is 5.82 Å². The number of anilines is 1. The SMILES string of the molecule is CC(C)Oc1ccc(-c2nonc2NC(=O)C(C)Oc2ccc(F)cc2)cc1. The van der Waals surface area contributed by atoms with Crippen LogP contribution in [0.15, 0.2) is 53.2 Å². The number of carbonyl (C=O) groups excluding carboxylic acids is 1. The van der Waals surface area contributed by atoms with Gasteiger partial charge < -0.3 is 14.8 Å². The second-order valence-corrected chi connectivity index (χ2v) is 6.36. The van der Waals surface area contributed by atoms with Gasteiger partial charge >= 0.3 is 0 Å². The maximum absolute atomic E-state index is 13.0. The molecule has 2 aromatic carbocycles. The Morgan fingerprint density at radius 3 is 2.21 bits per heavy atom. The van der Waals surface area contributed by atoms with E-state index in [1.54, 1.807) is 31.2 Å². The van der Waals surface area contributed by atoms with Crippen molar-refractivity contribution in [1.82, 2.24) is 10.3 Å². The molecule has 0 bridgehead atoms. The Bertz CT molecular complexity index is 923. The van der Waals surface area contributed by atoms with Gasteiger partial charge in [0.25, 0.3) is 5.91 Å². The molecule has 0 aliphatic rings. The zero-order valence-electron chi connectivity index (χ0n) is 15.7. The first-order chi connectivity index (χ1) is 13.4. The zero-order chi connectivity index (χ0) is 20.1. The highest BCUT2D eigenvalue weighted by molar-refractivity contribution is 5.95. The summed E-state index contributed by atoms with van der Waals surface area (Å²) >= 11 is 0. The molecule has 8 heteroatoms. The van der Waals surface area contributed by atoms with Gasteiger partial charge in [0.15, 0.2) is 11.8 Å². The van der Waals surface area contributed by atoms with Crippen molar-refractivity contribution in [3.8, 4) is 22.8 Å². The Labute approximate surface area is 161 Å². The number of carbonyl (C=O) groups is 1. The summed E-state index contributed by atoms with van der Waals surface area (Å²) in [5.74, 6) is 0.455. The predicted molar refractivity (Wildman–Crippen MR) is 101 cm³/mol. The van der Waals surface area contributed by atoms with Crippen LogP contribution in [0.25, 0.3) is 11.3 Å². The zero-order valence-corrected chi connectivity index (χ0v) is 15.7. The van der Waals surface area contributed by atoms with E-state index in [2.05, 4.69) is 15.6 Å². The molecule has 0 fully saturated rings. The maximum Gasteiger partial charge on any atom is 0.266 e. The van der Waals surface area contributed by atoms with Crippen molar-refractivity contribution in [3.05, 3.63) is 54.3 Å². The van der Waals surface area contributed by atoms with Crippen LogP contribution < -0.4 is 14.8 Å². The molecule has 0 saturated heterocycles. The molecule has 28 heavy (non-hydrogen) atoms. The highest BCUT2D eigenvalue weighted by Crippen LogP contribution is 2.27. The highest BCUT2D eigenvalue weighted by Gasteiger charge is 2.20. The van der Waals surface area contributed by atoms with Crippen LogP contribution in [0.5, 0.6) is 11.5 Å². The summed E-state index contributed by atoms with van der Waals surface area (Å²) in [6.07, 6.45) is -0.770. The van der Waals surface area contributed by atoms with Gasteiger partial charge in [0, 0.05) is 5.56 Å². The molecule has 146 valence electrons. The van der Waals surface area contributed by atoms with Crippen molar-refractivity contribution in [2.75, 3.05) is 5.32 Å². The standard InChI is InChI=1S/C20H20FN3O4/c1-12(2)26-16-8-4-14(5-9-16)18-19(24-28-23-18)22-20(25)13(3)27-17-10-6-15(21)7-11-17/h4-13H,1-3H3,(H,22,24,25). The van der Waals surface area contributed by atoms with Crippen LogP contribution in [0.3, 0.4) is 0 Å². The third kappa shape index (κ3) is 4.85. The first-order valence-electron chi connectivity index (χ1n) is 8.75. The lowest BCUT2D eigenvalue weighted by atomic mass is 10.1. The van der Waals surface area contributed by atoms with Crippen molar-refractivity contribution >= 4 is 11.7 Å². The third-order valence-corrected chi connectivity index (χ3v) is 3.73. The summed E-state index contributed by atoms with van der Waals surface area (Å²) < 4.78 is 28.8. The van der Waals surface area contributed by atoms with Crippen molar-refractivity contribution in [3.63, 3.8) is 0 Å². The topological polar surface area (TPSA) is 86.5 Å². The van der Waals surface area contributed by atoms with Crippen LogP contribution in [0, 0.1) is 5.82 Å². The van der Waals surface area contributed by atoms with Gasteiger partial charge in [-0.2, -0.15) is 0 Å². The van der Waals surface area contributed by atoms with Crippen molar-refractivity contribution < 1.29 is 23.3 Å². The van der Waals surface area contributed by atoms with E-state index < -0.39 is 12.0 Å². The van der Waals surface area contributed by atoms with Crippen molar-refractivity contribution in [2.24, 2.45) is 0 Å². The summed E-state index contributed by atoms with van der Waals surface area (Å²) in [4.78, 5) is 12.4. The molecule has 0 saturated carbocycles. The van der Waals surface area contributed by atoms with Crippen LogP contribution in [0.1, 0.15) is 20.8 Å². The molecule has 1 unspecified atom stereocenters. The minimum absolute atomic E-state index is 0.0667. The van der Waals surface area contributed by atoms with Crippen molar-refractivity contribution in [1.29, 1.82) is 0 Å². The molecule has 1 amide bonds. The number of hydrogen-bond donors (Lipinski definition) is 1. The van der Waals surface area contributed by atoms with Gasteiger partial charge in [-0.3, -0.25) is 4.79 Å². The van der Waals surface area contributed by atoms with Gasteiger partial charge in [0.1, 0.15) is 17.3 Å². The second kappa shape index (κ2) is 8.51. The average molecular weight is 385 g/mol. The number of ether oxygens (including phenoxy) is 2. The smallest absolute Gasteiger partial charge is 0.266 e.